The fourth-order valence-corrected chi connectivity index (χ4v) is 4.51. The van der Waals surface area contributed by atoms with Crippen LogP contribution in [0.4, 0.5) is 0 Å². The molecule has 5 atom stereocenters. The van der Waals surface area contributed by atoms with E-state index in [0.29, 0.717) is 0 Å². The van der Waals surface area contributed by atoms with E-state index in [1.54, 1.807) is 12.8 Å². The maximum atomic E-state index is 2.52. The summed E-state index contributed by atoms with van der Waals surface area (Å²) >= 11 is 0. The first-order chi connectivity index (χ1) is 8.15. The Morgan fingerprint density at radius 1 is 1.06 bits per heavy atom. The average molecular weight is 236 g/mol. The molecule has 0 amide bonds. The maximum absolute atomic E-state index is 2.52. The van der Waals surface area contributed by atoms with Crippen LogP contribution in [0.25, 0.3) is 0 Å². The Hall–Kier alpha value is 0. The standard InChI is InChI=1S/C17H32/c1-5-6-9-15-16-11-13(4)14(17(15)16)10-7-8-12(2)3/h12-17H,5-11H2,1-4H3. The molecule has 0 heterocycles. The summed E-state index contributed by atoms with van der Waals surface area (Å²) in [7, 11) is 0. The van der Waals surface area contributed by atoms with Gasteiger partial charge in [-0.2, -0.15) is 0 Å². The largest absolute Gasteiger partial charge is 0.0654 e. The normalized spacial score (nSPS) is 39.7. The molecule has 2 fully saturated rings. The maximum Gasteiger partial charge on any atom is -0.0321 e. The van der Waals surface area contributed by atoms with Crippen LogP contribution in [0.15, 0.2) is 0 Å². The fraction of sp³-hybridized carbons (Fsp3) is 1.00. The third kappa shape index (κ3) is 3.06. The fourth-order valence-electron chi connectivity index (χ4n) is 4.51. The van der Waals surface area contributed by atoms with E-state index in [0.717, 1.165) is 35.5 Å². The first-order valence-corrected chi connectivity index (χ1v) is 8.15. The molecular formula is C17H32. The first-order valence-electron chi connectivity index (χ1n) is 8.15. The molecule has 2 rings (SSSR count). The van der Waals surface area contributed by atoms with Gasteiger partial charge in [0.1, 0.15) is 0 Å². The van der Waals surface area contributed by atoms with Crippen molar-refractivity contribution in [2.24, 2.45) is 35.5 Å². The van der Waals surface area contributed by atoms with Gasteiger partial charge in [-0.1, -0.05) is 53.4 Å². The van der Waals surface area contributed by atoms with Crippen molar-refractivity contribution in [3.05, 3.63) is 0 Å². The van der Waals surface area contributed by atoms with Crippen LogP contribution in [0.1, 0.15) is 72.6 Å². The lowest BCUT2D eigenvalue weighted by molar-refractivity contribution is 0.289. The van der Waals surface area contributed by atoms with Crippen molar-refractivity contribution in [2.45, 2.75) is 72.6 Å². The average Bonchev–Trinajstić information content (AvgIpc) is 2.83. The van der Waals surface area contributed by atoms with E-state index in [1.807, 2.05) is 0 Å². The van der Waals surface area contributed by atoms with E-state index in [4.69, 9.17) is 0 Å². The van der Waals surface area contributed by atoms with Gasteiger partial charge < -0.3 is 0 Å². The zero-order valence-corrected chi connectivity index (χ0v) is 12.4. The molecule has 0 aliphatic heterocycles. The van der Waals surface area contributed by atoms with Gasteiger partial charge in [0, 0.05) is 0 Å². The molecule has 0 spiro atoms. The highest BCUT2D eigenvalue weighted by Crippen LogP contribution is 2.65. The Morgan fingerprint density at radius 3 is 2.41 bits per heavy atom. The van der Waals surface area contributed by atoms with Gasteiger partial charge >= 0.3 is 0 Å². The number of unbranched alkanes of at least 4 members (excludes halogenated alkanes) is 1. The van der Waals surface area contributed by atoms with Crippen LogP contribution >= 0.6 is 0 Å². The van der Waals surface area contributed by atoms with E-state index in [9.17, 15) is 0 Å². The van der Waals surface area contributed by atoms with Crippen LogP contribution in [0, 0.1) is 35.5 Å². The van der Waals surface area contributed by atoms with Crippen LogP contribution in [0.2, 0.25) is 0 Å². The Kier molecular flexibility index (Phi) is 4.55. The van der Waals surface area contributed by atoms with Crippen molar-refractivity contribution < 1.29 is 0 Å². The molecule has 0 heteroatoms. The van der Waals surface area contributed by atoms with Gasteiger partial charge in [0.15, 0.2) is 0 Å². The molecule has 17 heavy (non-hydrogen) atoms. The second kappa shape index (κ2) is 5.76. The molecule has 0 bridgehead atoms. The second-order valence-electron chi connectivity index (χ2n) is 7.25. The monoisotopic (exact) mass is 236 g/mol. The summed E-state index contributed by atoms with van der Waals surface area (Å²) in [6.07, 6.45) is 10.4. The molecule has 100 valence electrons. The molecule has 0 saturated heterocycles. The van der Waals surface area contributed by atoms with Crippen LogP contribution < -0.4 is 0 Å². The van der Waals surface area contributed by atoms with Crippen LogP contribution in [0.3, 0.4) is 0 Å². The van der Waals surface area contributed by atoms with E-state index < -0.39 is 0 Å². The Morgan fingerprint density at radius 2 is 1.76 bits per heavy atom. The zero-order chi connectivity index (χ0) is 12.4. The predicted octanol–water partition coefficient (Wildman–Crippen LogP) is 5.52. The van der Waals surface area contributed by atoms with Crippen molar-refractivity contribution in [1.82, 2.24) is 0 Å². The molecular weight excluding hydrogens is 204 g/mol. The van der Waals surface area contributed by atoms with Crippen LogP contribution in [-0.2, 0) is 0 Å². The van der Waals surface area contributed by atoms with Gasteiger partial charge in [0.05, 0.1) is 0 Å². The summed E-state index contributed by atoms with van der Waals surface area (Å²) in [5.41, 5.74) is 0. The topological polar surface area (TPSA) is 0 Å². The molecule has 0 aromatic rings. The molecule has 0 aromatic heterocycles. The minimum absolute atomic E-state index is 0.901. The lowest BCUT2D eigenvalue weighted by Gasteiger charge is -2.21. The Balaban J connectivity index is 1.73. The summed E-state index contributed by atoms with van der Waals surface area (Å²) in [4.78, 5) is 0. The van der Waals surface area contributed by atoms with Crippen molar-refractivity contribution in [2.75, 3.05) is 0 Å². The van der Waals surface area contributed by atoms with Crippen molar-refractivity contribution in [3.63, 3.8) is 0 Å². The molecule has 0 radical (unpaired) electrons. The summed E-state index contributed by atoms with van der Waals surface area (Å²) in [6.45, 7) is 9.58. The molecule has 0 aromatic carbocycles. The SMILES string of the molecule is CCCCC1C2CC(C)C(CCCC(C)C)C12. The third-order valence-electron chi connectivity index (χ3n) is 5.48. The predicted molar refractivity (Wildman–Crippen MR) is 76.0 cm³/mol. The minimum atomic E-state index is 0.901. The Bertz CT molecular complexity index is 230. The van der Waals surface area contributed by atoms with Crippen molar-refractivity contribution in [1.29, 1.82) is 0 Å². The summed E-state index contributed by atoms with van der Waals surface area (Å²) in [5.74, 6) is 6.49. The summed E-state index contributed by atoms with van der Waals surface area (Å²) in [5, 5.41) is 0. The van der Waals surface area contributed by atoms with Gasteiger partial charge in [0.25, 0.3) is 0 Å². The number of fused-ring (bicyclic) bond motifs is 1. The van der Waals surface area contributed by atoms with Gasteiger partial charge in [-0.15, -0.1) is 0 Å². The van der Waals surface area contributed by atoms with Crippen molar-refractivity contribution >= 4 is 0 Å². The number of rotatable bonds is 7. The van der Waals surface area contributed by atoms with Gasteiger partial charge in [0.2, 0.25) is 0 Å². The number of hydrogen-bond acceptors (Lipinski definition) is 0. The van der Waals surface area contributed by atoms with Crippen LogP contribution in [0.5, 0.6) is 0 Å². The molecule has 2 saturated carbocycles. The lowest BCUT2D eigenvalue weighted by Crippen LogP contribution is -2.12. The zero-order valence-electron chi connectivity index (χ0n) is 12.4. The molecule has 5 unspecified atom stereocenters. The summed E-state index contributed by atoms with van der Waals surface area (Å²) < 4.78 is 0. The van der Waals surface area contributed by atoms with E-state index in [1.165, 1.54) is 32.1 Å². The summed E-state index contributed by atoms with van der Waals surface area (Å²) in [6, 6.07) is 0. The van der Waals surface area contributed by atoms with E-state index in [-0.39, 0.29) is 0 Å². The highest BCUT2D eigenvalue weighted by Gasteiger charge is 2.58. The van der Waals surface area contributed by atoms with Gasteiger partial charge in [-0.3, -0.25) is 0 Å². The Labute approximate surface area is 109 Å². The van der Waals surface area contributed by atoms with Crippen LogP contribution in [-0.4, -0.2) is 0 Å². The first kappa shape index (κ1) is 13.4. The molecule has 2 aliphatic rings. The lowest BCUT2D eigenvalue weighted by atomic mass is 9.84. The minimum Gasteiger partial charge on any atom is -0.0654 e. The number of hydrogen-bond donors (Lipinski definition) is 0. The van der Waals surface area contributed by atoms with Gasteiger partial charge in [-0.05, 0) is 54.8 Å². The quantitative estimate of drug-likeness (QED) is 0.546. The van der Waals surface area contributed by atoms with E-state index >= 15 is 0 Å². The van der Waals surface area contributed by atoms with Gasteiger partial charge in [-0.25, -0.2) is 0 Å². The smallest absolute Gasteiger partial charge is 0.0321 e. The van der Waals surface area contributed by atoms with E-state index in [2.05, 4.69) is 27.7 Å². The highest BCUT2D eigenvalue weighted by atomic mass is 14.6. The molecule has 2 aliphatic carbocycles. The molecule has 0 nitrogen and oxygen atoms in total. The van der Waals surface area contributed by atoms with Crippen molar-refractivity contribution in [3.8, 4) is 0 Å². The third-order valence-corrected chi connectivity index (χ3v) is 5.48. The molecule has 0 N–H and O–H groups in total. The second-order valence-corrected chi connectivity index (χ2v) is 7.25. The highest BCUT2D eigenvalue weighted by molar-refractivity contribution is 5.07.